The smallest absolute Gasteiger partial charge is 0.125 e. The first-order valence-corrected chi connectivity index (χ1v) is 7.71. The fourth-order valence-electron chi connectivity index (χ4n) is 3.47. The van der Waals surface area contributed by atoms with Crippen LogP contribution in [-0.4, -0.2) is 13.2 Å². The van der Waals surface area contributed by atoms with Gasteiger partial charge in [0.15, 0.2) is 0 Å². The van der Waals surface area contributed by atoms with E-state index in [1.54, 1.807) is 0 Å². The second-order valence-electron chi connectivity index (χ2n) is 5.54. The van der Waals surface area contributed by atoms with E-state index in [4.69, 9.17) is 10.5 Å². The lowest BCUT2D eigenvalue weighted by molar-refractivity contribution is 0.344. The van der Waals surface area contributed by atoms with E-state index >= 15 is 0 Å². The maximum atomic E-state index is 5.88. The average molecular weight is 310 g/mol. The van der Waals surface area contributed by atoms with Gasteiger partial charge in [-0.2, -0.15) is 0 Å². The van der Waals surface area contributed by atoms with Crippen LogP contribution in [0.25, 0.3) is 0 Å². The predicted octanol–water partition coefficient (Wildman–Crippen LogP) is 3.30. The summed E-state index contributed by atoms with van der Waals surface area (Å²) in [6.45, 7) is 1.67. The van der Waals surface area contributed by atoms with E-state index in [1.807, 2.05) is 0 Å². The van der Waals surface area contributed by atoms with Gasteiger partial charge in [-0.05, 0) is 60.9 Å². The molecule has 2 nitrogen and oxygen atoms in total. The summed E-state index contributed by atoms with van der Waals surface area (Å²) in [4.78, 5) is 0. The third-order valence-electron chi connectivity index (χ3n) is 4.43. The Morgan fingerprint density at radius 1 is 1.28 bits per heavy atom. The normalized spacial score (nSPS) is 26.1. The van der Waals surface area contributed by atoms with E-state index in [0.29, 0.717) is 5.92 Å². The van der Waals surface area contributed by atoms with E-state index < -0.39 is 0 Å². The monoisotopic (exact) mass is 309 g/mol. The van der Waals surface area contributed by atoms with Gasteiger partial charge in [-0.15, -0.1) is 0 Å². The van der Waals surface area contributed by atoms with Crippen LogP contribution in [0.15, 0.2) is 16.6 Å². The standard InChI is InChI=1S/C15H20BrNO/c16-14-7-11-4-5-18-15(11)13(8-14)6-10-2-1-3-12(10)9-17/h7-8,10,12H,1-6,9,17H2. The van der Waals surface area contributed by atoms with E-state index in [9.17, 15) is 0 Å². The Balaban J connectivity index is 1.84. The molecule has 1 aliphatic carbocycles. The lowest BCUT2D eigenvalue weighted by atomic mass is 9.89. The Kier molecular flexibility index (Phi) is 3.62. The number of rotatable bonds is 3. The zero-order valence-corrected chi connectivity index (χ0v) is 12.2. The van der Waals surface area contributed by atoms with Crippen molar-refractivity contribution < 1.29 is 4.74 Å². The molecule has 3 heteroatoms. The van der Waals surface area contributed by atoms with Gasteiger partial charge in [-0.25, -0.2) is 0 Å². The van der Waals surface area contributed by atoms with Crippen molar-refractivity contribution in [2.24, 2.45) is 17.6 Å². The van der Waals surface area contributed by atoms with Gasteiger partial charge in [0.05, 0.1) is 6.61 Å². The Labute approximate surface area is 117 Å². The summed E-state index contributed by atoms with van der Waals surface area (Å²) in [5, 5.41) is 0. The second kappa shape index (κ2) is 5.22. The van der Waals surface area contributed by atoms with Gasteiger partial charge in [0.25, 0.3) is 0 Å². The Bertz CT molecular complexity index is 446. The van der Waals surface area contributed by atoms with Gasteiger partial charge >= 0.3 is 0 Å². The number of fused-ring (bicyclic) bond motifs is 1. The number of hydrogen-bond acceptors (Lipinski definition) is 2. The summed E-state index contributed by atoms with van der Waals surface area (Å²) in [6, 6.07) is 4.43. The highest BCUT2D eigenvalue weighted by Crippen LogP contribution is 2.39. The lowest BCUT2D eigenvalue weighted by Crippen LogP contribution is -2.20. The zero-order valence-electron chi connectivity index (χ0n) is 10.6. The molecule has 2 unspecified atom stereocenters. The molecule has 18 heavy (non-hydrogen) atoms. The predicted molar refractivity (Wildman–Crippen MR) is 76.9 cm³/mol. The topological polar surface area (TPSA) is 35.2 Å². The fraction of sp³-hybridized carbons (Fsp3) is 0.600. The summed E-state index contributed by atoms with van der Waals surface area (Å²) >= 11 is 3.62. The molecule has 0 saturated heterocycles. The summed E-state index contributed by atoms with van der Waals surface area (Å²) in [5.74, 6) is 2.61. The molecule has 0 amide bonds. The minimum atomic E-state index is 0.709. The molecule has 1 aromatic carbocycles. The zero-order chi connectivity index (χ0) is 12.5. The van der Waals surface area contributed by atoms with Crippen LogP contribution in [0.3, 0.4) is 0 Å². The Morgan fingerprint density at radius 2 is 2.11 bits per heavy atom. The van der Waals surface area contributed by atoms with Crippen LogP contribution in [0.1, 0.15) is 30.4 Å². The molecule has 1 heterocycles. The van der Waals surface area contributed by atoms with Crippen LogP contribution >= 0.6 is 15.9 Å². The van der Waals surface area contributed by atoms with Crippen LogP contribution in [0.4, 0.5) is 0 Å². The van der Waals surface area contributed by atoms with Crippen molar-refractivity contribution in [2.45, 2.75) is 32.1 Å². The molecule has 0 bridgehead atoms. The maximum Gasteiger partial charge on any atom is 0.125 e. The van der Waals surface area contributed by atoms with Gasteiger partial charge < -0.3 is 10.5 Å². The third-order valence-corrected chi connectivity index (χ3v) is 4.88. The lowest BCUT2D eigenvalue weighted by Gasteiger charge is -2.19. The van der Waals surface area contributed by atoms with Crippen molar-refractivity contribution in [3.8, 4) is 5.75 Å². The molecule has 2 N–H and O–H groups in total. The van der Waals surface area contributed by atoms with Gasteiger partial charge in [0.1, 0.15) is 5.75 Å². The SMILES string of the molecule is NCC1CCCC1Cc1cc(Br)cc2c1OCC2. The molecule has 1 saturated carbocycles. The first-order chi connectivity index (χ1) is 8.78. The highest BCUT2D eigenvalue weighted by Gasteiger charge is 2.28. The summed E-state index contributed by atoms with van der Waals surface area (Å²) in [7, 11) is 0. The first kappa shape index (κ1) is 12.5. The number of hydrogen-bond donors (Lipinski definition) is 1. The highest BCUT2D eigenvalue weighted by atomic mass is 79.9. The minimum absolute atomic E-state index is 0.709. The van der Waals surface area contributed by atoms with Crippen LogP contribution in [0, 0.1) is 11.8 Å². The van der Waals surface area contributed by atoms with Crippen LogP contribution in [0.5, 0.6) is 5.75 Å². The first-order valence-electron chi connectivity index (χ1n) is 6.92. The highest BCUT2D eigenvalue weighted by molar-refractivity contribution is 9.10. The van der Waals surface area contributed by atoms with Crippen molar-refractivity contribution in [2.75, 3.05) is 13.2 Å². The third kappa shape index (κ3) is 2.30. The van der Waals surface area contributed by atoms with Crippen LogP contribution in [-0.2, 0) is 12.8 Å². The molecule has 0 radical (unpaired) electrons. The van der Waals surface area contributed by atoms with E-state index in [2.05, 4.69) is 28.1 Å². The largest absolute Gasteiger partial charge is 0.493 e. The summed E-state index contributed by atoms with van der Waals surface area (Å²) in [5.41, 5.74) is 8.62. The number of halogens is 1. The molecule has 0 aromatic heterocycles. The molecule has 3 rings (SSSR count). The number of benzene rings is 1. The van der Waals surface area contributed by atoms with Gasteiger partial charge in [-0.3, -0.25) is 0 Å². The van der Waals surface area contributed by atoms with Gasteiger partial charge in [-0.1, -0.05) is 22.4 Å². The number of ether oxygens (including phenoxy) is 1. The molecule has 2 atom stereocenters. The van der Waals surface area contributed by atoms with Gasteiger partial charge in [0.2, 0.25) is 0 Å². The van der Waals surface area contributed by atoms with Crippen LogP contribution in [0.2, 0.25) is 0 Å². The molecular weight excluding hydrogens is 290 g/mol. The minimum Gasteiger partial charge on any atom is -0.493 e. The quantitative estimate of drug-likeness (QED) is 0.930. The van der Waals surface area contributed by atoms with E-state index in [0.717, 1.165) is 37.7 Å². The summed E-state index contributed by atoms with van der Waals surface area (Å²) < 4.78 is 7.00. The van der Waals surface area contributed by atoms with Crippen molar-refractivity contribution >= 4 is 15.9 Å². The van der Waals surface area contributed by atoms with Crippen LogP contribution < -0.4 is 10.5 Å². The summed E-state index contributed by atoms with van der Waals surface area (Å²) in [6.07, 6.45) is 6.14. The molecular formula is C15H20BrNO. The second-order valence-corrected chi connectivity index (χ2v) is 6.46. The Morgan fingerprint density at radius 3 is 2.94 bits per heavy atom. The Hall–Kier alpha value is -0.540. The fourth-order valence-corrected chi connectivity index (χ4v) is 4.03. The molecule has 0 spiro atoms. The molecule has 2 aliphatic rings. The molecule has 1 fully saturated rings. The van der Waals surface area contributed by atoms with Gasteiger partial charge in [0, 0.05) is 10.9 Å². The number of nitrogens with two attached hydrogens (primary N) is 1. The van der Waals surface area contributed by atoms with Crippen molar-refractivity contribution in [3.63, 3.8) is 0 Å². The maximum absolute atomic E-state index is 5.88. The van der Waals surface area contributed by atoms with Crippen molar-refractivity contribution in [1.29, 1.82) is 0 Å². The average Bonchev–Trinajstić information content (AvgIpc) is 2.96. The molecule has 98 valence electrons. The van der Waals surface area contributed by atoms with Crippen molar-refractivity contribution in [3.05, 3.63) is 27.7 Å². The van der Waals surface area contributed by atoms with Crippen molar-refractivity contribution in [1.82, 2.24) is 0 Å². The van der Waals surface area contributed by atoms with E-state index in [-0.39, 0.29) is 0 Å². The van der Waals surface area contributed by atoms with E-state index in [1.165, 1.54) is 34.9 Å². The molecule has 1 aromatic rings. The molecule has 1 aliphatic heterocycles.